The van der Waals surface area contributed by atoms with Crippen LogP contribution in [0.1, 0.15) is 59.8 Å². The number of aliphatic hydroxyl groups is 1. The van der Waals surface area contributed by atoms with E-state index in [0.717, 1.165) is 18.3 Å². The molecule has 0 spiro atoms. The Morgan fingerprint density at radius 2 is 1.43 bits per heavy atom. The zero-order valence-electron chi connectivity index (χ0n) is 10.4. The van der Waals surface area contributed by atoms with Gasteiger partial charge in [-0.25, -0.2) is 0 Å². The third-order valence-corrected chi connectivity index (χ3v) is 2.89. The van der Waals surface area contributed by atoms with Gasteiger partial charge >= 0.3 is 0 Å². The van der Waals surface area contributed by atoms with Gasteiger partial charge in [0.2, 0.25) is 0 Å². The fraction of sp³-hybridized carbons (Fsp3) is 1.00. The Labute approximate surface area is 89.9 Å². The first-order valence-corrected chi connectivity index (χ1v) is 6.17. The minimum Gasteiger partial charge on any atom is -0.396 e. The Balaban J connectivity index is 3.34. The summed E-state index contributed by atoms with van der Waals surface area (Å²) < 4.78 is 0. The molecule has 0 aliphatic carbocycles. The van der Waals surface area contributed by atoms with Crippen molar-refractivity contribution in [2.45, 2.75) is 59.8 Å². The molecule has 1 nitrogen and oxygen atoms in total. The quantitative estimate of drug-likeness (QED) is 0.631. The van der Waals surface area contributed by atoms with Crippen molar-refractivity contribution in [1.29, 1.82) is 0 Å². The molecule has 0 fully saturated rings. The van der Waals surface area contributed by atoms with Crippen molar-refractivity contribution in [2.75, 3.05) is 6.61 Å². The van der Waals surface area contributed by atoms with Crippen molar-refractivity contribution in [1.82, 2.24) is 0 Å². The molecule has 0 aliphatic heterocycles. The average Bonchev–Trinajstić information content (AvgIpc) is 2.02. The van der Waals surface area contributed by atoms with Crippen LogP contribution in [0.15, 0.2) is 0 Å². The van der Waals surface area contributed by atoms with Crippen LogP contribution in [-0.2, 0) is 0 Å². The molecule has 1 heteroatoms. The Kier molecular flexibility index (Phi) is 8.26. The highest BCUT2D eigenvalue weighted by molar-refractivity contribution is 4.59. The van der Waals surface area contributed by atoms with Gasteiger partial charge in [-0.3, -0.25) is 0 Å². The monoisotopic (exact) mass is 200 g/mol. The summed E-state index contributed by atoms with van der Waals surface area (Å²) in [4.78, 5) is 0. The lowest BCUT2D eigenvalue weighted by Crippen LogP contribution is -2.02. The Bertz CT molecular complexity index is 120. The van der Waals surface area contributed by atoms with E-state index in [1.54, 1.807) is 0 Å². The zero-order chi connectivity index (χ0) is 11.0. The first-order chi connectivity index (χ1) is 6.56. The minimum atomic E-state index is 0.350. The highest BCUT2D eigenvalue weighted by atomic mass is 16.3. The van der Waals surface area contributed by atoms with Crippen LogP contribution in [0.5, 0.6) is 0 Å². The molecule has 0 radical (unpaired) electrons. The molecule has 2 atom stereocenters. The van der Waals surface area contributed by atoms with E-state index in [-0.39, 0.29) is 0 Å². The summed E-state index contributed by atoms with van der Waals surface area (Å²) in [5.74, 6) is 2.41. The van der Waals surface area contributed by atoms with E-state index in [4.69, 9.17) is 5.11 Å². The normalized spacial score (nSPS) is 15.9. The molecule has 0 rings (SSSR count). The second kappa shape index (κ2) is 8.28. The number of hydrogen-bond donors (Lipinski definition) is 1. The predicted molar refractivity (Wildman–Crippen MR) is 63.3 cm³/mol. The van der Waals surface area contributed by atoms with Gasteiger partial charge in [-0.2, -0.15) is 0 Å². The number of rotatable bonds is 8. The first kappa shape index (κ1) is 14.0. The van der Waals surface area contributed by atoms with Crippen molar-refractivity contribution in [3.63, 3.8) is 0 Å². The van der Waals surface area contributed by atoms with Crippen LogP contribution < -0.4 is 0 Å². The lowest BCUT2D eigenvalue weighted by atomic mass is 9.92. The van der Waals surface area contributed by atoms with Crippen molar-refractivity contribution in [3.05, 3.63) is 0 Å². The summed E-state index contributed by atoms with van der Waals surface area (Å²) in [7, 11) is 0. The molecule has 0 amide bonds. The fourth-order valence-electron chi connectivity index (χ4n) is 2.10. The maximum Gasteiger partial charge on any atom is 0.0433 e. The SMILES string of the molecule is CC(C)CC(C)CCCC(C)CCO. The van der Waals surface area contributed by atoms with Gasteiger partial charge < -0.3 is 5.11 Å². The van der Waals surface area contributed by atoms with Gasteiger partial charge in [0.25, 0.3) is 0 Å². The Morgan fingerprint density at radius 3 is 1.93 bits per heavy atom. The molecule has 0 aromatic heterocycles. The first-order valence-electron chi connectivity index (χ1n) is 6.17. The van der Waals surface area contributed by atoms with E-state index < -0.39 is 0 Å². The lowest BCUT2D eigenvalue weighted by molar-refractivity contribution is 0.254. The topological polar surface area (TPSA) is 20.2 Å². The summed E-state index contributed by atoms with van der Waals surface area (Å²) >= 11 is 0. The molecule has 1 N–H and O–H groups in total. The van der Waals surface area contributed by atoms with E-state index in [1.165, 1.54) is 25.7 Å². The predicted octanol–water partition coefficient (Wildman–Crippen LogP) is 3.86. The molecular formula is C13H28O. The van der Waals surface area contributed by atoms with E-state index in [0.29, 0.717) is 12.5 Å². The maximum atomic E-state index is 8.76. The molecule has 86 valence electrons. The van der Waals surface area contributed by atoms with Gasteiger partial charge in [0.15, 0.2) is 0 Å². The second-order valence-corrected chi connectivity index (χ2v) is 5.28. The van der Waals surface area contributed by atoms with E-state index >= 15 is 0 Å². The molecule has 0 aromatic carbocycles. The lowest BCUT2D eigenvalue weighted by Gasteiger charge is -2.15. The summed E-state index contributed by atoms with van der Waals surface area (Å²) in [6.07, 6.45) is 6.29. The maximum absolute atomic E-state index is 8.76. The van der Waals surface area contributed by atoms with E-state index in [1.807, 2.05) is 0 Å². The molecule has 0 saturated heterocycles. The van der Waals surface area contributed by atoms with Crippen LogP contribution in [-0.4, -0.2) is 11.7 Å². The van der Waals surface area contributed by atoms with Crippen LogP contribution in [0.4, 0.5) is 0 Å². The van der Waals surface area contributed by atoms with Gasteiger partial charge in [0, 0.05) is 6.61 Å². The van der Waals surface area contributed by atoms with Crippen LogP contribution in [0.2, 0.25) is 0 Å². The van der Waals surface area contributed by atoms with Crippen LogP contribution in [0.3, 0.4) is 0 Å². The zero-order valence-corrected chi connectivity index (χ0v) is 10.4. The average molecular weight is 200 g/mol. The van der Waals surface area contributed by atoms with Crippen molar-refractivity contribution in [2.24, 2.45) is 17.8 Å². The van der Waals surface area contributed by atoms with Gasteiger partial charge in [-0.15, -0.1) is 0 Å². The summed E-state index contributed by atoms with van der Waals surface area (Å²) in [6.45, 7) is 9.54. The number of aliphatic hydroxyl groups excluding tert-OH is 1. The molecular weight excluding hydrogens is 172 g/mol. The third kappa shape index (κ3) is 8.55. The Morgan fingerprint density at radius 1 is 0.857 bits per heavy atom. The van der Waals surface area contributed by atoms with Gasteiger partial charge in [-0.05, 0) is 30.6 Å². The summed E-state index contributed by atoms with van der Waals surface area (Å²) in [6, 6.07) is 0. The van der Waals surface area contributed by atoms with Crippen molar-refractivity contribution < 1.29 is 5.11 Å². The Hall–Kier alpha value is -0.0400. The van der Waals surface area contributed by atoms with Gasteiger partial charge in [0.05, 0.1) is 0 Å². The van der Waals surface area contributed by atoms with E-state index in [2.05, 4.69) is 27.7 Å². The minimum absolute atomic E-state index is 0.350. The van der Waals surface area contributed by atoms with Crippen LogP contribution >= 0.6 is 0 Å². The largest absolute Gasteiger partial charge is 0.396 e. The molecule has 0 aliphatic rings. The van der Waals surface area contributed by atoms with Crippen LogP contribution in [0.25, 0.3) is 0 Å². The highest BCUT2D eigenvalue weighted by Crippen LogP contribution is 2.19. The second-order valence-electron chi connectivity index (χ2n) is 5.28. The molecule has 0 aromatic rings. The fourth-order valence-corrected chi connectivity index (χ4v) is 2.10. The molecule has 0 bridgehead atoms. The van der Waals surface area contributed by atoms with Crippen molar-refractivity contribution in [3.8, 4) is 0 Å². The molecule has 2 unspecified atom stereocenters. The van der Waals surface area contributed by atoms with Crippen molar-refractivity contribution >= 4 is 0 Å². The van der Waals surface area contributed by atoms with Crippen LogP contribution in [0, 0.1) is 17.8 Å². The standard InChI is InChI=1S/C13H28O/c1-11(2)10-13(4)7-5-6-12(3)8-9-14/h11-14H,5-10H2,1-4H3. The summed E-state index contributed by atoms with van der Waals surface area (Å²) in [5, 5.41) is 8.76. The molecule has 0 saturated carbocycles. The number of hydrogen-bond acceptors (Lipinski definition) is 1. The smallest absolute Gasteiger partial charge is 0.0433 e. The third-order valence-electron chi connectivity index (χ3n) is 2.89. The molecule has 0 heterocycles. The highest BCUT2D eigenvalue weighted by Gasteiger charge is 2.06. The van der Waals surface area contributed by atoms with Gasteiger partial charge in [0.1, 0.15) is 0 Å². The summed E-state index contributed by atoms with van der Waals surface area (Å²) in [5.41, 5.74) is 0. The van der Waals surface area contributed by atoms with E-state index in [9.17, 15) is 0 Å². The van der Waals surface area contributed by atoms with Gasteiger partial charge in [-0.1, -0.05) is 47.0 Å². The molecule has 14 heavy (non-hydrogen) atoms.